The average Bonchev–Trinajstić information content (AvgIpc) is 2.72. The van der Waals surface area contributed by atoms with Crippen molar-refractivity contribution in [3.05, 3.63) is 35.3 Å². The fourth-order valence-corrected chi connectivity index (χ4v) is 1.64. The number of ether oxygens (including phenoxy) is 1. The number of aromatic nitrogens is 3. The van der Waals surface area contributed by atoms with Crippen LogP contribution in [0.2, 0.25) is 0 Å². The zero-order valence-corrected chi connectivity index (χ0v) is 9.73. The molecule has 0 fully saturated rings. The molecular formula is C9H5BrF3N3O. The zero-order chi connectivity index (χ0) is 12.5. The van der Waals surface area contributed by atoms with Crippen molar-refractivity contribution in [2.45, 2.75) is 6.36 Å². The molecular weight excluding hydrogens is 303 g/mol. The van der Waals surface area contributed by atoms with Crippen LogP contribution in [0.1, 0.15) is 0 Å². The van der Waals surface area contributed by atoms with Crippen molar-refractivity contribution < 1.29 is 17.9 Å². The minimum Gasteiger partial charge on any atom is -0.405 e. The maximum Gasteiger partial charge on any atom is 0.573 e. The van der Waals surface area contributed by atoms with E-state index in [2.05, 4.69) is 30.9 Å². The Labute approximate surface area is 102 Å². The summed E-state index contributed by atoms with van der Waals surface area (Å²) in [6.45, 7) is 0. The molecule has 0 aliphatic heterocycles. The van der Waals surface area contributed by atoms with Gasteiger partial charge in [-0.2, -0.15) is 0 Å². The largest absolute Gasteiger partial charge is 0.573 e. The van der Waals surface area contributed by atoms with Gasteiger partial charge < -0.3 is 4.74 Å². The third kappa shape index (κ3) is 2.96. The van der Waals surface area contributed by atoms with Gasteiger partial charge >= 0.3 is 6.36 Å². The van der Waals surface area contributed by atoms with Crippen LogP contribution in [0.4, 0.5) is 13.2 Å². The molecule has 0 amide bonds. The highest BCUT2D eigenvalue weighted by Gasteiger charge is 2.31. The third-order valence-electron chi connectivity index (χ3n) is 1.86. The van der Waals surface area contributed by atoms with E-state index in [1.54, 1.807) is 4.57 Å². The lowest BCUT2D eigenvalue weighted by atomic mass is 10.3. The van der Waals surface area contributed by atoms with E-state index < -0.39 is 6.36 Å². The van der Waals surface area contributed by atoms with Crippen LogP contribution in [0, 0.1) is 0 Å². The molecule has 2 aromatic rings. The summed E-state index contributed by atoms with van der Waals surface area (Å²) in [5, 5.41) is 7.19. The molecule has 0 bridgehead atoms. The molecule has 0 aliphatic rings. The Hall–Kier alpha value is -1.57. The Morgan fingerprint density at radius 3 is 2.35 bits per heavy atom. The summed E-state index contributed by atoms with van der Waals surface area (Å²) < 4.78 is 41.7. The molecule has 1 heterocycles. The van der Waals surface area contributed by atoms with Gasteiger partial charge in [0.1, 0.15) is 18.4 Å². The molecule has 1 aromatic heterocycles. The first kappa shape index (κ1) is 11.9. The van der Waals surface area contributed by atoms with Crippen molar-refractivity contribution in [3.63, 3.8) is 0 Å². The highest BCUT2D eigenvalue weighted by atomic mass is 79.9. The van der Waals surface area contributed by atoms with E-state index in [0.29, 0.717) is 5.69 Å². The summed E-state index contributed by atoms with van der Waals surface area (Å²) in [4.78, 5) is 0. The number of hydrogen-bond acceptors (Lipinski definition) is 3. The van der Waals surface area contributed by atoms with Crippen LogP contribution in [0.3, 0.4) is 0 Å². The van der Waals surface area contributed by atoms with Crippen LogP contribution in [0.25, 0.3) is 5.69 Å². The van der Waals surface area contributed by atoms with Gasteiger partial charge in [0.05, 0.1) is 4.47 Å². The number of hydrogen-bond donors (Lipinski definition) is 0. The first-order chi connectivity index (χ1) is 7.96. The summed E-state index contributed by atoms with van der Waals surface area (Å²) >= 11 is 3.01. The summed E-state index contributed by atoms with van der Waals surface area (Å²) in [5.41, 5.74) is 0.622. The van der Waals surface area contributed by atoms with Gasteiger partial charge in [-0.3, -0.25) is 4.57 Å². The summed E-state index contributed by atoms with van der Waals surface area (Å²) in [7, 11) is 0. The highest BCUT2D eigenvalue weighted by Crippen LogP contribution is 2.31. The number of rotatable bonds is 2. The van der Waals surface area contributed by atoms with E-state index in [0.717, 1.165) is 0 Å². The van der Waals surface area contributed by atoms with Crippen LogP contribution in [0.15, 0.2) is 35.3 Å². The number of nitrogens with zero attached hydrogens (tertiary/aromatic N) is 3. The molecule has 0 aliphatic carbocycles. The summed E-state index contributed by atoms with van der Waals surface area (Å²) in [5.74, 6) is -0.297. The second-order valence-corrected chi connectivity index (χ2v) is 3.89. The maximum atomic E-state index is 12.0. The van der Waals surface area contributed by atoms with E-state index in [9.17, 15) is 13.2 Å². The monoisotopic (exact) mass is 307 g/mol. The fraction of sp³-hybridized carbons (Fsp3) is 0.111. The average molecular weight is 308 g/mol. The van der Waals surface area contributed by atoms with E-state index in [-0.39, 0.29) is 10.2 Å². The second kappa shape index (κ2) is 4.36. The van der Waals surface area contributed by atoms with E-state index in [1.165, 1.54) is 30.9 Å². The van der Waals surface area contributed by atoms with Crippen molar-refractivity contribution in [3.8, 4) is 11.4 Å². The van der Waals surface area contributed by atoms with E-state index >= 15 is 0 Å². The van der Waals surface area contributed by atoms with Gasteiger partial charge in [0.15, 0.2) is 0 Å². The van der Waals surface area contributed by atoms with Gasteiger partial charge in [-0.25, -0.2) is 0 Å². The van der Waals surface area contributed by atoms with Crippen LogP contribution in [-0.4, -0.2) is 21.1 Å². The molecule has 0 saturated carbocycles. The predicted octanol–water partition coefficient (Wildman–Crippen LogP) is 2.93. The quantitative estimate of drug-likeness (QED) is 0.856. The molecule has 0 unspecified atom stereocenters. The Kier molecular flexibility index (Phi) is 3.05. The SMILES string of the molecule is FC(F)(F)Oc1ccc(-n2cnnc2)cc1Br. The smallest absolute Gasteiger partial charge is 0.405 e. The van der Waals surface area contributed by atoms with Gasteiger partial charge in [0.2, 0.25) is 0 Å². The summed E-state index contributed by atoms with van der Waals surface area (Å²) in [6, 6.07) is 4.16. The molecule has 8 heteroatoms. The Morgan fingerprint density at radius 1 is 1.18 bits per heavy atom. The van der Waals surface area contributed by atoms with Crippen LogP contribution >= 0.6 is 15.9 Å². The highest BCUT2D eigenvalue weighted by molar-refractivity contribution is 9.10. The van der Waals surface area contributed by atoms with Crippen molar-refractivity contribution >= 4 is 15.9 Å². The van der Waals surface area contributed by atoms with Crippen molar-refractivity contribution in [2.24, 2.45) is 0 Å². The standard InChI is InChI=1S/C9H5BrF3N3O/c10-7-3-6(16-4-14-15-5-16)1-2-8(7)17-9(11,12)13/h1-5H. The fourth-order valence-electron chi connectivity index (χ4n) is 1.19. The minimum absolute atomic E-state index is 0.195. The number of alkyl halides is 3. The predicted molar refractivity (Wildman–Crippen MR) is 55.7 cm³/mol. The van der Waals surface area contributed by atoms with Crippen molar-refractivity contribution in [2.75, 3.05) is 0 Å². The lowest BCUT2D eigenvalue weighted by Gasteiger charge is -2.11. The summed E-state index contributed by atoms with van der Waals surface area (Å²) in [6.07, 6.45) is -1.83. The molecule has 1 aromatic carbocycles. The van der Waals surface area contributed by atoms with Crippen molar-refractivity contribution in [1.29, 1.82) is 0 Å². The maximum absolute atomic E-state index is 12.0. The molecule has 4 nitrogen and oxygen atoms in total. The normalized spacial score (nSPS) is 11.5. The number of halogens is 4. The van der Waals surface area contributed by atoms with Gasteiger partial charge in [-0.15, -0.1) is 23.4 Å². The number of benzene rings is 1. The van der Waals surface area contributed by atoms with E-state index in [4.69, 9.17) is 0 Å². The molecule has 17 heavy (non-hydrogen) atoms. The molecule has 0 N–H and O–H groups in total. The van der Waals surface area contributed by atoms with Crippen LogP contribution in [-0.2, 0) is 0 Å². The Balaban J connectivity index is 2.29. The Bertz CT molecular complexity index is 513. The van der Waals surface area contributed by atoms with Crippen molar-refractivity contribution in [1.82, 2.24) is 14.8 Å². The topological polar surface area (TPSA) is 39.9 Å². The van der Waals surface area contributed by atoms with Gasteiger partial charge in [-0.05, 0) is 34.1 Å². The molecule has 90 valence electrons. The third-order valence-corrected chi connectivity index (χ3v) is 2.48. The molecule has 0 spiro atoms. The minimum atomic E-state index is -4.71. The van der Waals surface area contributed by atoms with Gasteiger partial charge in [0, 0.05) is 5.69 Å². The molecule has 0 radical (unpaired) electrons. The first-order valence-electron chi connectivity index (χ1n) is 4.36. The first-order valence-corrected chi connectivity index (χ1v) is 5.15. The Morgan fingerprint density at radius 2 is 1.82 bits per heavy atom. The van der Waals surface area contributed by atoms with E-state index in [1.807, 2.05) is 0 Å². The van der Waals surface area contributed by atoms with Crippen LogP contribution < -0.4 is 4.74 Å². The molecule has 2 rings (SSSR count). The second-order valence-electron chi connectivity index (χ2n) is 3.03. The molecule has 0 saturated heterocycles. The lowest BCUT2D eigenvalue weighted by Crippen LogP contribution is -2.17. The zero-order valence-electron chi connectivity index (χ0n) is 8.15. The van der Waals surface area contributed by atoms with Gasteiger partial charge in [-0.1, -0.05) is 0 Å². The lowest BCUT2D eigenvalue weighted by molar-refractivity contribution is -0.274. The molecule has 0 atom stereocenters. The van der Waals surface area contributed by atoms with Crippen LogP contribution in [0.5, 0.6) is 5.75 Å². The van der Waals surface area contributed by atoms with Gasteiger partial charge in [0.25, 0.3) is 0 Å².